The van der Waals surface area contributed by atoms with Gasteiger partial charge in [0.2, 0.25) is 0 Å². The van der Waals surface area contributed by atoms with Gasteiger partial charge in [-0.25, -0.2) is 0 Å². The highest BCUT2D eigenvalue weighted by molar-refractivity contribution is 9.10. The van der Waals surface area contributed by atoms with Crippen LogP contribution in [0.5, 0.6) is 0 Å². The number of piperazine rings is 1. The van der Waals surface area contributed by atoms with Crippen molar-refractivity contribution >= 4 is 33.1 Å². The zero-order valence-corrected chi connectivity index (χ0v) is 12.7. The first kappa shape index (κ1) is 13.9. The lowest BCUT2D eigenvalue weighted by Gasteiger charge is -2.34. The second-order valence-corrected chi connectivity index (χ2v) is 6.09. The number of rotatable bonds is 4. The van der Waals surface area contributed by atoms with Crippen LogP contribution in [-0.2, 0) is 6.54 Å². The third-order valence-corrected chi connectivity index (χ3v) is 3.76. The molecule has 0 bridgehead atoms. The summed E-state index contributed by atoms with van der Waals surface area (Å²) in [7, 11) is 0. The Bertz CT molecular complexity index is 416. The van der Waals surface area contributed by atoms with Crippen molar-refractivity contribution in [3.63, 3.8) is 0 Å². The van der Waals surface area contributed by atoms with Crippen LogP contribution < -0.4 is 5.73 Å². The fourth-order valence-corrected chi connectivity index (χ4v) is 2.85. The third kappa shape index (κ3) is 4.31. The van der Waals surface area contributed by atoms with Gasteiger partial charge in [0.15, 0.2) is 0 Å². The highest BCUT2D eigenvalue weighted by Crippen LogP contribution is 2.14. The first-order chi connectivity index (χ1) is 8.63. The zero-order chi connectivity index (χ0) is 13.0. The van der Waals surface area contributed by atoms with E-state index < -0.39 is 0 Å². The molecular weight excluding hydrogens is 310 g/mol. The van der Waals surface area contributed by atoms with Gasteiger partial charge in [-0.1, -0.05) is 40.3 Å². The average Bonchev–Trinajstić information content (AvgIpc) is 2.31. The number of hydrogen-bond acceptors (Lipinski definition) is 3. The second kappa shape index (κ2) is 6.61. The highest BCUT2D eigenvalue weighted by Gasteiger charge is 2.17. The maximum absolute atomic E-state index is 5.57. The molecule has 5 heteroatoms. The Hall–Kier alpha value is -0.490. The van der Waals surface area contributed by atoms with Crippen LogP contribution in [0.25, 0.3) is 0 Å². The van der Waals surface area contributed by atoms with Crippen molar-refractivity contribution in [1.82, 2.24) is 9.80 Å². The Morgan fingerprint density at radius 1 is 1.22 bits per heavy atom. The van der Waals surface area contributed by atoms with E-state index in [9.17, 15) is 0 Å². The van der Waals surface area contributed by atoms with E-state index in [1.54, 1.807) is 0 Å². The SMILES string of the molecule is NC(=S)CN1CCN(Cc2cccc(Br)c2)CC1. The lowest BCUT2D eigenvalue weighted by molar-refractivity contribution is 0.140. The molecule has 1 aliphatic rings. The normalized spacial score (nSPS) is 17.8. The van der Waals surface area contributed by atoms with Crippen LogP contribution in [0.15, 0.2) is 28.7 Å². The summed E-state index contributed by atoms with van der Waals surface area (Å²) in [6.45, 7) is 6.02. The van der Waals surface area contributed by atoms with Gasteiger partial charge in [-0.3, -0.25) is 9.80 Å². The van der Waals surface area contributed by atoms with E-state index in [4.69, 9.17) is 18.0 Å². The second-order valence-electron chi connectivity index (χ2n) is 4.65. The van der Waals surface area contributed by atoms with E-state index in [-0.39, 0.29) is 0 Å². The standard InChI is InChI=1S/C13H18BrN3S/c14-12-3-1-2-11(8-12)9-16-4-6-17(7-5-16)10-13(15)18/h1-3,8H,4-7,9-10H2,(H2,15,18). The predicted molar refractivity (Wildman–Crippen MR) is 82.6 cm³/mol. The minimum Gasteiger partial charge on any atom is -0.392 e. The van der Waals surface area contributed by atoms with Crippen LogP contribution in [0.2, 0.25) is 0 Å². The topological polar surface area (TPSA) is 32.5 Å². The van der Waals surface area contributed by atoms with E-state index in [2.05, 4.69) is 50.0 Å². The number of benzene rings is 1. The van der Waals surface area contributed by atoms with E-state index >= 15 is 0 Å². The van der Waals surface area contributed by atoms with Crippen LogP contribution in [0, 0.1) is 0 Å². The summed E-state index contributed by atoms with van der Waals surface area (Å²) in [5, 5.41) is 0. The molecule has 1 aromatic carbocycles. The van der Waals surface area contributed by atoms with Crippen molar-refractivity contribution < 1.29 is 0 Å². The summed E-state index contributed by atoms with van der Waals surface area (Å²) in [6, 6.07) is 8.50. The van der Waals surface area contributed by atoms with Crippen LogP contribution in [0.3, 0.4) is 0 Å². The molecule has 1 aromatic rings. The van der Waals surface area contributed by atoms with Crippen molar-refractivity contribution in [2.24, 2.45) is 5.73 Å². The quantitative estimate of drug-likeness (QED) is 0.855. The number of halogens is 1. The fourth-order valence-electron chi connectivity index (χ4n) is 2.22. The van der Waals surface area contributed by atoms with Crippen molar-refractivity contribution in [2.75, 3.05) is 32.7 Å². The molecule has 1 saturated heterocycles. The Morgan fingerprint density at radius 3 is 2.50 bits per heavy atom. The molecular formula is C13H18BrN3S. The largest absolute Gasteiger partial charge is 0.392 e. The molecule has 0 amide bonds. The number of hydrogen-bond donors (Lipinski definition) is 1. The molecule has 0 atom stereocenters. The minimum atomic E-state index is 0.593. The van der Waals surface area contributed by atoms with Gasteiger partial charge in [0, 0.05) is 43.7 Å². The van der Waals surface area contributed by atoms with Gasteiger partial charge in [0.05, 0.1) is 4.99 Å². The monoisotopic (exact) mass is 327 g/mol. The van der Waals surface area contributed by atoms with Gasteiger partial charge in [-0.05, 0) is 17.7 Å². The minimum absolute atomic E-state index is 0.593. The molecule has 3 nitrogen and oxygen atoms in total. The first-order valence-corrected chi connectivity index (χ1v) is 7.31. The molecule has 0 aliphatic carbocycles. The van der Waals surface area contributed by atoms with Crippen molar-refractivity contribution in [3.05, 3.63) is 34.3 Å². The molecule has 0 aromatic heterocycles. The van der Waals surface area contributed by atoms with Crippen LogP contribution in [0.1, 0.15) is 5.56 Å². The molecule has 18 heavy (non-hydrogen) atoms. The summed E-state index contributed by atoms with van der Waals surface area (Å²) in [4.78, 5) is 5.38. The van der Waals surface area contributed by atoms with Crippen LogP contribution >= 0.6 is 28.1 Å². The molecule has 2 N–H and O–H groups in total. The van der Waals surface area contributed by atoms with Crippen molar-refractivity contribution in [1.29, 1.82) is 0 Å². The van der Waals surface area contributed by atoms with E-state index in [0.717, 1.165) is 43.7 Å². The molecule has 98 valence electrons. The predicted octanol–water partition coefficient (Wildman–Crippen LogP) is 1.85. The molecule has 2 rings (SSSR count). The first-order valence-electron chi connectivity index (χ1n) is 6.11. The summed E-state index contributed by atoms with van der Waals surface area (Å²) in [5.41, 5.74) is 6.92. The molecule has 0 saturated carbocycles. The fraction of sp³-hybridized carbons (Fsp3) is 0.462. The summed E-state index contributed by atoms with van der Waals surface area (Å²) >= 11 is 8.45. The van der Waals surface area contributed by atoms with Gasteiger partial charge in [0.1, 0.15) is 0 Å². The highest BCUT2D eigenvalue weighted by atomic mass is 79.9. The number of nitrogens with two attached hydrogens (primary N) is 1. The lowest BCUT2D eigenvalue weighted by Crippen LogP contribution is -2.48. The maximum Gasteiger partial charge on any atom is 0.0870 e. The Kier molecular flexibility index (Phi) is 5.12. The molecule has 1 heterocycles. The average molecular weight is 328 g/mol. The number of nitrogens with zero attached hydrogens (tertiary/aromatic N) is 2. The summed E-state index contributed by atoms with van der Waals surface area (Å²) in [6.07, 6.45) is 0. The van der Waals surface area contributed by atoms with Crippen LogP contribution in [0.4, 0.5) is 0 Å². The molecule has 0 spiro atoms. The van der Waals surface area contributed by atoms with Crippen molar-refractivity contribution in [3.8, 4) is 0 Å². The maximum atomic E-state index is 5.57. The number of thiocarbonyl (C=S) groups is 1. The molecule has 1 fully saturated rings. The van der Waals surface area contributed by atoms with E-state index in [1.807, 2.05) is 0 Å². The molecule has 0 unspecified atom stereocenters. The Balaban J connectivity index is 1.81. The van der Waals surface area contributed by atoms with Gasteiger partial charge >= 0.3 is 0 Å². The molecule has 1 aliphatic heterocycles. The Morgan fingerprint density at radius 2 is 1.89 bits per heavy atom. The molecule has 0 radical (unpaired) electrons. The zero-order valence-electron chi connectivity index (χ0n) is 10.3. The van der Waals surface area contributed by atoms with Gasteiger partial charge in [-0.2, -0.15) is 0 Å². The smallest absolute Gasteiger partial charge is 0.0870 e. The van der Waals surface area contributed by atoms with Gasteiger partial charge < -0.3 is 5.73 Å². The van der Waals surface area contributed by atoms with Gasteiger partial charge in [0.25, 0.3) is 0 Å². The van der Waals surface area contributed by atoms with Gasteiger partial charge in [-0.15, -0.1) is 0 Å². The third-order valence-electron chi connectivity index (χ3n) is 3.14. The summed E-state index contributed by atoms with van der Waals surface area (Å²) in [5.74, 6) is 0. The van der Waals surface area contributed by atoms with E-state index in [1.165, 1.54) is 5.56 Å². The van der Waals surface area contributed by atoms with Crippen LogP contribution in [-0.4, -0.2) is 47.5 Å². The lowest BCUT2D eigenvalue weighted by atomic mass is 10.2. The van der Waals surface area contributed by atoms with E-state index in [0.29, 0.717) is 4.99 Å². The van der Waals surface area contributed by atoms with Crippen molar-refractivity contribution in [2.45, 2.75) is 6.54 Å². The summed E-state index contributed by atoms with van der Waals surface area (Å²) < 4.78 is 1.15. The Labute approximate surface area is 122 Å².